The van der Waals surface area contributed by atoms with Gasteiger partial charge in [0.05, 0.1) is 27.8 Å². The van der Waals surface area contributed by atoms with Gasteiger partial charge in [0.1, 0.15) is 25.5 Å². The molecule has 4 N–H and O–H groups in total. The van der Waals surface area contributed by atoms with Gasteiger partial charge in [-0.15, -0.1) is 4.73 Å². The Morgan fingerprint density at radius 3 is 2.54 bits per heavy atom. The minimum atomic E-state index is -0.717. The predicted octanol–water partition coefficient (Wildman–Crippen LogP) is 3.16. The summed E-state index contributed by atoms with van der Waals surface area (Å²) in [5.41, 5.74) is 6.94. The predicted molar refractivity (Wildman–Crippen MR) is 157 cm³/mol. The number of aryl methyl sites for hydroxylation is 1. The molecule has 216 valence electrons. The maximum Gasteiger partial charge on any atom is 0.323 e. The number of carbonyl (C=O) groups excluding carboxylic acids is 2. The molecule has 0 bridgehead atoms. The molecular formula is C27H29Cl2N7O5. The van der Waals surface area contributed by atoms with Crippen molar-refractivity contribution in [3.05, 3.63) is 68.8 Å². The van der Waals surface area contributed by atoms with Gasteiger partial charge in [0.2, 0.25) is 5.95 Å². The SMILES string of the molecule is COn1c(=O)c(-c2c(Cl)cccc2Cl)cc2cnc(Nc3cc(C(=O)NCCOC(=O)[C@@H](N)C(C)C)n(C)c3)nc21. The first-order valence-corrected chi connectivity index (χ1v) is 13.3. The quantitative estimate of drug-likeness (QED) is 0.183. The molecule has 0 aliphatic carbocycles. The molecule has 0 fully saturated rings. The summed E-state index contributed by atoms with van der Waals surface area (Å²) >= 11 is 12.7. The van der Waals surface area contributed by atoms with Crippen LogP contribution in [0.15, 0.2) is 47.5 Å². The molecule has 0 unspecified atom stereocenters. The maximum absolute atomic E-state index is 13.3. The number of fused-ring (bicyclic) bond motifs is 1. The number of rotatable bonds is 10. The molecular weight excluding hydrogens is 573 g/mol. The Kier molecular flexibility index (Phi) is 9.16. The molecule has 41 heavy (non-hydrogen) atoms. The molecule has 0 spiro atoms. The summed E-state index contributed by atoms with van der Waals surface area (Å²) in [5, 5.41) is 6.87. The molecule has 1 atom stereocenters. The largest absolute Gasteiger partial charge is 0.463 e. The van der Waals surface area contributed by atoms with Crippen LogP contribution in [0.3, 0.4) is 0 Å². The van der Waals surface area contributed by atoms with E-state index in [0.717, 1.165) is 4.73 Å². The van der Waals surface area contributed by atoms with E-state index in [4.69, 9.17) is 38.5 Å². The summed E-state index contributed by atoms with van der Waals surface area (Å²) in [6.45, 7) is 3.76. The molecule has 0 aliphatic rings. The molecule has 4 aromatic rings. The van der Waals surface area contributed by atoms with Gasteiger partial charge in [-0.05, 0) is 30.2 Å². The Morgan fingerprint density at radius 2 is 1.88 bits per heavy atom. The highest BCUT2D eigenvalue weighted by Gasteiger charge is 2.20. The average Bonchev–Trinajstić information content (AvgIpc) is 3.30. The number of pyridine rings is 1. The fourth-order valence-electron chi connectivity index (χ4n) is 4.00. The zero-order valence-electron chi connectivity index (χ0n) is 22.8. The van der Waals surface area contributed by atoms with Crippen molar-refractivity contribution in [1.29, 1.82) is 0 Å². The molecule has 12 nitrogen and oxygen atoms in total. The average molecular weight is 602 g/mol. The van der Waals surface area contributed by atoms with Gasteiger partial charge in [0.15, 0.2) is 5.65 Å². The standard InChI is InChI=1S/C27H29Cl2N7O5/c1-14(2)22(30)26(39)41-9-8-31-24(37)20-11-16(13-35(20)3)33-27-32-12-15-10-17(21-18(28)6-5-7-19(21)29)25(38)36(40-4)23(15)34-27/h5-7,10-14,22H,8-9,30H2,1-4H3,(H,31,37)(H,32,33,34)/t22-/m0/s1. The van der Waals surface area contributed by atoms with Crippen LogP contribution in [-0.2, 0) is 16.6 Å². The van der Waals surface area contributed by atoms with Gasteiger partial charge in [-0.2, -0.15) is 4.98 Å². The van der Waals surface area contributed by atoms with Crippen LogP contribution < -0.4 is 26.8 Å². The molecule has 14 heteroatoms. The van der Waals surface area contributed by atoms with Crippen LogP contribution in [0.1, 0.15) is 24.3 Å². The molecule has 0 aliphatic heterocycles. The van der Waals surface area contributed by atoms with Gasteiger partial charge >= 0.3 is 5.97 Å². The lowest BCUT2D eigenvalue weighted by atomic mass is 10.1. The molecule has 0 saturated carbocycles. The number of carbonyl (C=O) groups is 2. The van der Waals surface area contributed by atoms with Gasteiger partial charge < -0.3 is 30.5 Å². The van der Waals surface area contributed by atoms with Crippen molar-refractivity contribution >= 4 is 57.7 Å². The Bertz CT molecular complexity index is 1650. The van der Waals surface area contributed by atoms with Crippen molar-refractivity contribution in [2.75, 3.05) is 25.6 Å². The van der Waals surface area contributed by atoms with Crippen molar-refractivity contribution < 1.29 is 19.2 Å². The molecule has 3 aromatic heterocycles. The zero-order valence-corrected chi connectivity index (χ0v) is 24.3. The van der Waals surface area contributed by atoms with Gasteiger partial charge in [-0.3, -0.25) is 14.4 Å². The topological polar surface area (TPSA) is 155 Å². The number of anilines is 2. The van der Waals surface area contributed by atoms with E-state index in [0.29, 0.717) is 32.4 Å². The lowest BCUT2D eigenvalue weighted by molar-refractivity contribution is -0.146. The van der Waals surface area contributed by atoms with E-state index in [9.17, 15) is 14.4 Å². The third-order valence-electron chi connectivity index (χ3n) is 6.23. The number of hydrogen-bond acceptors (Lipinski definition) is 9. The molecule has 0 saturated heterocycles. The third-order valence-corrected chi connectivity index (χ3v) is 6.86. The maximum atomic E-state index is 13.3. The Morgan fingerprint density at radius 1 is 1.17 bits per heavy atom. The summed E-state index contributed by atoms with van der Waals surface area (Å²) < 4.78 is 7.76. The first-order valence-electron chi connectivity index (χ1n) is 12.6. The second-order valence-corrected chi connectivity index (χ2v) is 10.3. The molecule has 4 rings (SSSR count). The number of ether oxygens (including phenoxy) is 1. The van der Waals surface area contributed by atoms with Gasteiger partial charge in [0.25, 0.3) is 11.5 Å². The number of benzene rings is 1. The van der Waals surface area contributed by atoms with Crippen molar-refractivity contribution in [2.45, 2.75) is 19.9 Å². The number of halogens is 2. The van der Waals surface area contributed by atoms with E-state index in [2.05, 4.69) is 20.6 Å². The summed E-state index contributed by atoms with van der Waals surface area (Å²) in [6.07, 6.45) is 3.20. The van der Waals surface area contributed by atoms with Crippen molar-refractivity contribution in [3.8, 4) is 11.1 Å². The Labute approximate surface area is 245 Å². The van der Waals surface area contributed by atoms with Gasteiger partial charge in [0, 0.05) is 30.4 Å². The van der Waals surface area contributed by atoms with E-state index >= 15 is 0 Å². The number of aromatic nitrogens is 4. The number of nitrogens with zero attached hydrogens (tertiary/aromatic N) is 4. The smallest absolute Gasteiger partial charge is 0.323 e. The van der Waals surface area contributed by atoms with Crippen molar-refractivity contribution in [3.63, 3.8) is 0 Å². The normalized spacial score (nSPS) is 11.9. The Hall–Kier alpha value is -4.13. The summed E-state index contributed by atoms with van der Waals surface area (Å²) in [6, 6.07) is 7.45. The summed E-state index contributed by atoms with van der Waals surface area (Å²) in [5.74, 6) is -0.775. The van der Waals surface area contributed by atoms with Crippen LogP contribution in [0.5, 0.6) is 0 Å². The van der Waals surface area contributed by atoms with E-state index in [1.54, 1.807) is 48.1 Å². The third kappa shape index (κ3) is 6.45. The minimum Gasteiger partial charge on any atom is -0.463 e. The lowest BCUT2D eigenvalue weighted by Gasteiger charge is -2.14. The van der Waals surface area contributed by atoms with E-state index < -0.39 is 17.6 Å². The van der Waals surface area contributed by atoms with Crippen LogP contribution >= 0.6 is 23.2 Å². The number of nitrogens with one attached hydrogen (secondary N) is 2. The zero-order chi connectivity index (χ0) is 29.8. The second kappa shape index (κ2) is 12.6. The van der Waals surface area contributed by atoms with Gasteiger partial charge in [-0.25, -0.2) is 4.98 Å². The van der Waals surface area contributed by atoms with E-state index in [1.165, 1.54) is 13.3 Å². The number of esters is 1. The number of hydrogen-bond donors (Lipinski definition) is 3. The second-order valence-electron chi connectivity index (χ2n) is 9.45. The number of nitrogens with two attached hydrogens (primary N) is 1. The van der Waals surface area contributed by atoms with Crippen LogP contribution in [0, 0.1) is 5.92 Å². The van der Waals surface area contributed by atoms with Crippen molar-refractivity contribution in [1.82, 2.24) is 24.6 Å². The molecule has 1 amide bonds. The first-order chi connectivity index (χ1) is 19.5. The minimum absolute atomic E-state index is 0.00292. The fourth-order valence-corrected chi connectivity index (χ4v) is 4.60. The lowest BCUT2D eigenvalue weighted by Crippen LogP contribution is -2.38. The summed E-state index contributed by atoms with van der Waals surface area (Å²) in [4.78, 5) is 52.0. The van der Waals surface area contributed by atoms with Crippen LogP contribution in [0.2, 0.25) is 10.0 Å². The highest BCUT2D eigenvalue weighted by atomic mass is 35.5. The van der Waals surface area contributed by atoms with Gasteiger partial charge in [-0.1, -0.05) is 43.1 Å². The van der Waals surface area contributed by atoms with Crippen LogP contribution in [0.25, 0.3) is 22.2 Å². The highest BCUT2D eigenvalue weighted by molar-refractivity contribution is 6.39. The van der Waals surface area contributed by atoms with Crippen molar-refractivity contribution in [2.24, 2.45) is 18.7 Å². The molecule has 1 aromatic carbocycles. The highest BCUT2D eigenvalue weighted by Crippen LogP contribution is 2.33. The monoisotopic (exact) mass is 601 g/mol. The molecule has 3 heterocycles. The molecule has 0 radical (unpaired) electrons. The fraction of sp³-hybridized carbons (Fsp3) is 0.296. The van der Waals surface area contributed by atoms with E-state index in [-0.39, 0.29) is 42.1 Å². The number of amides is 1. The van der Waals surface area contributed by atoms with Crippen LogP contribution in [0.4, 0.5) is 11.6 Å². The first kappa shape index (κ1) is 29.8. The summed E-state index contributed by atoms with van der Waals surface area (Å²) in [7, 11) is 3.04. The Balaban J connectivity index is 1.51. The van der Waals surface area contributed by atoms with E-state index in [1.807, 2.05) is 13.8 Å². The van der Waals surface area contributed by atoms with Crippen LogP contribution in [-0.4, -0.2) is 57.4 Å².